The molecule has 39 heavy (non-hydrogen) atoms. The fraction of sp³-hybridized carbons (Fsp3) is 0.241. The lowest BCUT2D eigenvalue weighted by Crippen LogP contribution is -2.35. The van der Waals surface area contributed by atoms with Crippen molar-refractivity contribution in [3.05, 3.63) is 117 Å². The highest BCUT2D eigenvalue weighted by Crippen LogP contribution is 2.32. The van der Waals surface area contributed by atoms with Crippen LogP contribution >= 0.6 is 11.6 Å². The molecular weight excluding hydrogens is 516 g/mol. The lowest BCUT2D eigenvalue weighted by molar-refractivity contribution is 0.169. The molecule has 2 aromatic heterocycles. The van der Waals surface area contributed by atoms with Gasteiger partial charge in [-0.05, 0) is 51.9 Å². The minimum Gasteiger partial charge on any atom is -0.497 e. The van der Waals surface area contributed by atoms with Gasteiger partial charge in [-0.3, -0.25) is 9.69 Å². The Morgan fingerprint density at radius 3 is 2.56 bits per heavy atom. The molecule has 10 heteroatoms. The van der Waals surface area contributed by atoms with Crippen molar-refractivity contribution in [1.82, 2.24) is 30.1 Å². The maximum Gasteiger partial charge on any atom is 0.253 e. The van der Waals surface area contributed by atoms with Gasteiger partial charge in [-0.1, -0.05) is 60.1 Å². The summed E-state index contributed by atoms with van der Waals surface area (Å²) in [5, 5.41) is 14.1. The number of halogens is 1. The number of benzene rings is 3. The van der Waals surface area contributed by atoms with Gasteiger partial charge in [0.15, 0.2) is 5.82 Å². The molecule has 0 aliphatic carbocycles. The van der Waals surface area contributed by atoms with Gasteiger partial charge in [-0.15, -0.1) is 5.10 Å². The second kappa shape index (κ2) is 12.2. The zero-order valence-electron chi connectivity index (χ0n) is 21.8. The lowest BCUT2D eigenvalue weighted by Gasteiger charge is -2.31. The molecule has 2 heterocycles. The van der Waals surface area contributed by atoms with Crippen molar-refractivity contribution >= 4 is 22.5 Å². The summed E-state index contributed by atoms with van der Waals surface area (Å²) in [6, 6.07) is 24.6. The van der Waals surface area contributed by atoms with Gasteiger partial charge in [-0.2, -0.15) is 0 Å². The molecule has 0 aliphatic heterocycles. The number of methoxy groups -OCH3 is 2. The van der Waals surface area contributed by atoms with E-state index in [1.807, 2.05) is 66.7 Å². The van der Waals surface area contributed by atoms with Crippen LogP contribution < -0.4 is 10.3 Å². The van der Waals surface area contributed by atoms with Crippen molar-refractivity contribution in [2.75, 3.05) is 20.8 Å². The quantitative estimate of drug-likeness (QED) is 0.259. The molecule has 0 aliphatic rings. The third kappa shape index (κ3) is 6.01. The second-order valence-corrected chi connectivity index (χ2v) is 9.55. The van der Waals surface area contributed by atoms with Crippen LogP contribution in [0, 0.1) is 0 Å². The average molecular weight is 545 g/mol. The molecule has 0 saturated heterocycles. The molecule has 3 aromatic carbocycles. The van der Waals surface area contributed by atoms with Gasteiger partial charge in [-0.25, -0.2) is 4.68 Å². The van der Waals surface area contributed by atoms with Crippen molar-refractivity contribution in [2.24, 2.45) is 0 Å². The molecule has 0 unspecified atom stereocenters. The van der Waals surface area contributed by atoms with Crippen LogP contribution in [0.1, 0.15) is 28.6 Å². The van der Waals surface area contributed by atoms with Crippen molar-refractivity contribution in [2.45, 2.75) is 25.7 Å². The number of ether oxygens (including phenoxy) is 2. The largest absolute Gasteiger partial charge is 0.497 e. The highest BCUT2D eigenvalue weighted by atomic mass is 35.5. The van der Waals surface area contributed by atoms with E-state index in [0.29, 0.717) is 53.9 Å². The average Bonchev–Trinajstić information content (AvgIpc) is 3.41. The van der Waals surface area contributed by atoms with Crippen LogP contribution in [0.2, 0.25) is 5.02 Å². The van der Waals surface area contributed by atoms with Gasteiger partial charge < -0.3 is 14.5 Å². The summed E-state index contributed by atoms with van der Waals surface area (Å²) < 4.78 is 12.4. The van der Waals surface area contributed by atoms with Crippen molar-refractivity contribution < 1.29 is 9.47 Å². The SMILES string of the molecule is COCCn1nnnc1[C@H](c1cc2cc(OC)ccc2[nH]c1=O)N(Cc1ccccc1)Cc1ccccc1Cl. The zero-order valence-corrected chi connectivity index (χ0v) is 22.5. The second-order valence-electron chi connectivity index (χ2n) is 9.14. The Balaban J connectivity index is 1.70. The van der Waals surface area contributed by atoms with Gasteiger partial charge in [0.1, 0.15) is 11.8 Å². The third-order valence-corrected chi connectivity index (χ3v) is 6.98. The number of tetrazole rings is 1. The molecule has 1 N–H and O–H groups in total. The number of H-pyrrole nitrogens is 1. The van der Waals surface area contributed by atoms with Crippen LogP contribution in [-0.2, 0) is 24.4 Å². The first-order chi connectivity index (χ1) is 19.1. The number of pyridine rings is 1. The van der Waals surface area contributed by atoms with Crippen LogP contribution in [-0.4, -0.2) is 50.9 Å². The summed E-state index contributed by atoms with van der Waals surface area (Å²) >= 11 is 6.62. The van der Waals surface area contributed by atoms with E-state index in [1.54, 1.807) is 18.9 Å². The standard InChI is InChI=1S/C29H29ClN6O3/c1-38-15-14-36-28(32-33-34-36)27(24-17-22-16-23(39-2)12-13-26(22)31-29(24)37)35(18-20-8-4-3-5-9-20)19-21-10-6-7-11-25(21)30/h3-13,16-17,27H,14-15,18-19H2,1-2H3,(H,31,37)/t27-/m0/s1. The number of rotatable bonds is 11. The van der Waals surface area contributed by atoms with E-state index < -0.39 is 6.04 Å². The minimum absolute atomic E-state index is 0.226. The Morgan fingerprint density at radius 2 is 1.79 bits per heavy atom. The summed E-state index contributed by atoms with van der Waals surface area (Å²) in [4.78, 5) is 18.9. The maximum absolute atomic E-state index is 13.7. The predicted octanol–water partition coefficient (Wildman–Crippen LogP) is 4.61. The lowest BCUT2D eigenvalue weighted by atomic mass is 10.0. The van der Waals surface area contributed by atoms with Crippen LogP contribution in [0.3, 0.4) is 0 Å². The number of nitrogens with one attached hydrogen (secondary N) is 1. The molecule has 0 spiro atoms. The molecule has 0 radical (unpaired) electrons. The normalized spacial score (nSPS) is 12.2. The predicted molar refractivity (Wildman–Crippen MR) is 150 cm³/mol. The summed E-state index contributed by atoms with van der Waals surface area (Å²) in [5.74, 6) is 1.22. The van der Waals surface area contributed by atoms with Crippen LogP contribution in [0.5, 0.6) is 5.75 Å². The van der Waals surface area contributed by atoms with E-state index in [-0.39, 0.29) is 5.56 Å². The number of hydrogen-bond acceptors (Lipinski definition) is 7. The fourth-order valence-electron chi connectivity index (χ4n) is 4.68. The molecule has 5 rings (SSSR count). The molecule has 0 amide bonds. The summed E-state index contributed by atoms with van der Waals surface area (Å²) in [7, 11) is 3.24. The summed E-state index contributed by atoms with van der Waals surface area (Å²) in [5.41, 5.74) is 2.99. The first-order valence-corrected chi connectivity index (χ1v) is 12.9. The Hall–Kier alpha value is -4.05. The van der Waals surface area contributed by atoms with E-state index in [9.17, 15) is 4.79 Å². The van der Waals surface area contributed by atoms with E-state index in [2.05, 4.69) is 37.5 Å². The summed E-state index contributed by atoms with van der Waals surface area (Å²) in [6.07, 6.45) is 0. The third-order valence-electron chi connectivity index (χ3n) is 6.61. The van der Waals surface area contributed by atoms with E-state index in [4.69, 9.17) is 21.1 Å². The van der Waals surface area contributed by atoms with E-state index >= 15 is 0 Å². The van der Waals surface area contributed by atoms with Crippen LogP contribution in [0.4, 0.5) is 0 Å². The minimum atomic E-state index is -0.604. The monoisotopic (exact) mass is 544 g/mol. The van der Waals surface area contributed by atoms with E-state index in [0.717, 1.165) is 16.5 Å². The Bertz CT molecular complexity index is 1600. The maximum atomic E-state index is 13.7. The number of hydrogen-bond donors (Lipinski definition) is 1. The highest BCUT2D eigenvalue weighted by molar-refractivity contribution is 6.31. The van der Waals surface area contributed by atoms with Gasteiger partial charge in [0.2, 0.25) is 0 Å². The van der Waals surface area contributed by atoms with Gasteiger partial charge >= 0.3 is 0 Å². The number of fused-ring (bicyclic) bond motifs is 1. The van der Waals surface area contributed by atoms with Crippen LogP contribution in [0.25, 0.3) is 10.9 Å². The molecular formula is C29H29ClN6O3. The Labute approximate surface area is 230 Å². The van der Waals surface area contributed by atoms with Gasteiger partial charge in [0.05, 0.1) is 20.3 Å². The first-order valence-electron chi connectivity index (χ1n) is 12.5. The van der Waals surface area contributed by atoms with Crippen molar-refractivity contribution in [3.63, 3.8) is 0 Å². The molecule has 5 aromatic rings. The van der Waals surface area contributed by atoms with E-state index in [1.165, 1.54) is 0 Å². The topological polar surface area (TPSA) is 98.2 Å². The Kier molecular flexibility index (Phi) is 8.31. The molecule has 0 fully saturated rings. The molecule has 9 nitrogen and oxygen atoms in total. The van der Waals surface area contributed by atoms with Gasteiger partial charge in [0.25, 0.3) is 5.56 Å². The van der Waals surface area contributed by atoms with Crippen molar-refractivity contribution in [1.29, 1.82) is 0 Å². The smallest absolute Gasteiger partial charge is 0.253 e. The molecule has 200 valence electrons. The van der Waals surface area contributed by atoms with Crippen molar-refractivity contribution in [3.8, 4) is 5.75 Å². The van der Waals surface area contributed by atoms with Gasteiger partial charge in [0, 0.05) is 41.7 Å². The number of aromatic amines is 1. The summed E-state index contributed by atoms with van der Waals surface area (Å²) in [6.45, 7) is 1.81. The fourth-order valence-corrected chi connectivity index (χ4v) is 4.87. The number of nitrogens with zero attached hydrogens (tertiary/aromatic N) is 5. The van der Waals surface area contributed by atoms with Crippen LogP contribution in [0.15, 0.2) is 83.7 Å². The number of aromatic nitrogens is 5. The zero-order chi connectivity index (χ0) is 27.2. The Morgan fingerprint density at radius 1 is 1.00 bits per heavy atom. The first kappa shape index (κ1) is 26.6. The molecule has 0 saturated carbocycles. The highest BCUT2D eigenvalue weighted by Gasteiger charge is 2.31. The molecule has 0 bridgehead atoms. The molecule has 1 atom stereocenters.